The van der Waals surface area contributed by atoms with E-state index in [1.54, 1.807) is 6.92 Å². The van der Waals surface area contributed by atoms with Crippen molar-refractivity contribution >= 4 is 11.6 Å². The third-order valence-electron chi connectivity index (χ3n) is 8.85. The van der Waals surface area contributed by atoms with Crippen LogP contribution in [0.15, 0.2) is 76.9 Å². The molecule has 44 heavy (non-hydrogen) atoms. The molecular formula is C36H46N4O4. The van der Waals surface area contributed by atoms with E-state index in [1.807, 2.05) is 25.2 Å². The van der Waals surface area contributed by atoms with Crippen molar-refractivity contribution in [3.8, 4) is 5.88 Å². The summed E-state index contributed by atoms with van der Waals surface area (Å²) < 4.78 is 13.6. The lowest BCUT2D eigenvalue weighted by atomic mass is 9.93. The zero-order chi connectivity index (χ0) is 31.8. The number of rotatable bonds is 12. The number of hydrogen-bond donors (Lipinski definition) is 0. The van der Waals surface area contributed by atoms with Gasteiger partial charge in [-0.3, -0.25) is 4.79 Å². The normalized spacial score (nSPS) is 16.8. The molecule has 0 saturated carbocycles. The highest BCUT2D eigenvalue weighted by Crippen LogP contribution is 2.33. The van der Waals surface area contributed by atoms with Crippen LogP contribution < -0.4 is 4.74 Å². The lowest BCUT2D eigenvalue weighted by Crippen LogP contribution is -2.34. The minimum atomic E-state index is -0.912. The van der Waals surface area contributed by atoms with Crippen molar-refractivity contribution in [3.63, 3.8) is 0 Å². The number of allylic oxidation sites excluding steroid dienone is 7. The van der Waals surface area contributed by atoms with Gasteiger partial charge < -0.3 is 14.4 Å². The van der Waals surface area contributed by atoms with Gasteiger partial charge in [0.1, 0.15) is 17.9 Å². The van der Waals surface area contributed by atoms with Crippen LogP contribution in [0.25, 0.3) is 5.70 Å². The topological polar surface area (TPSA) is 86.0 Å². The number of fused-ring (bicyclic) bond motifs is 1. The van der Waals surface area contributed by atoms with Crippen molar-refractivity contribution in [3.05, 3.63) is 104 Å². The van der Waals surface area contributed by atoms with Gasteiger partial charge in [-0.2, -0.15) is 5.10 Å². The van der Waals surface area contributed by atoms with Crippen LogP contribution in [0.5, 0.6) is 5.88 Å². The second kappa shape index (κ2) is 15.1. The highest BCUT2D eigenvalue weighted by Gasteiger charge is 2.22. The summed E-state index contributed by atoms with van der Waals surface area (Å²) in [5, 5.41) is 6.73. The Bertz CT molecular complexity index is 1520. The van der Waals surface area contributed by atoms with E-state index < -0.39 is 5.91 Å². The van der Waals surface area contributed by atoms with Crippen LogP contribution in [0.4, 0.5) is 0 Å². The zero-order valence-corrected chi connectivity index (χ0v) is 27.1. The molecule has 1 aliphatic heterocycles. The van der Waals surface area contributed by atoms with Crippen LogP contribution in [0, 0.1) is 11.8 Å². The smallest absolute Gasteiger partial charge is 0.323 e. The summed E-state index contributed by atoms with van der Waals surface area (Å²) in [5.74, 6) is 0.187. The second-order valence-electron chi connectivity index (χ2n) is 11.6. The van der Waals surface area contributed by atoms with E-state index in [0.29, 0.717) is 25.0 Å². The van der Waals surface area contributed by atoms with E-state index in [-0.39, 0.29) is 11.4 Å². The molecule has 1 unspecified atom stereocenters. The van der Waals surface area contributed by atoms with E-state index in [9.17, 15) is 9.70 Å². The van der Waals surface area contributed by atoms with Gasteiger partial charge in [0.15, 0.2) is 0 Å². The van der Waals surface area contributed by atoms with Gasteiger partial charge in [0, 0.05) is 35.6 Å². The molecule has 1 aliphatic carbocycles. The van der Waals surface area contributed by atoms with Crippen LogP contribution in [-0.2, 0) is 24.2 Å². The molecule has 0 saturated heterocycles. The molecular weight excluding hydrogens is 552 g/mol. The van der Waals surface area contributed by atoms with Gasteiger partial charge in [0.2, 0.25) is 5.88 Å². The summed E-state index contributed by atoms with van der Waals surface area (Å²) in [4.78, 5) is 25.3. The van der Waals surface area contributed by atoms with Crippen molar-refractivity contribution in [2.24, 2.45) is 5.18 Å². The van der Waals surface area contributed by atoms with Gasteiger partial charge in [-0.05, 0) is 106 Å². The van der Waals surface area contributed by atoms with Gasteiger partial charge in [-0.15, -0.1) is 4.91 Å². The SMILES string of the molecule is C=C(/C=C\C=C(/C)n1ncc(C(=O)N=O)c1OCC)C1=CCCC(C)=C1OCc1ccc2c(c1C)CCN(C(C)CC)CC2. The quantitative estimate of drug-likeness (QED) is 0.182. The molecule has 234 valence electrons. The Labute approximate surface area is 261 Å². The molecule has 0 N–H and O–H groups in total. The largest absolute Gasteiger partial charge is 0.488 e. The molecule has 4 rings (SSSR count). The minimum Gasteiger partial charge on any atom is -0.488 e. The lowest BCUT2D eigenvalue weighted by molar-refractivity contribution is 0.0997. The molecule has 2 aliphatic rings. The molecule has 1 amide bonds. The number of carbonyl (C=O) groups excluding carboxylic acids is 1. The van der Waals surface area contributed by atoms with Crippen LogP contribution in [0.2, 0.25) is 0 Å². The first-order valence-electron chi connectivity index (χ1n) is 15.7. The monoisotopic (exact) mass is 598 g/mol. The number of nitroso groups, excluding NO2 is 1. The molecule has 2 heterocycles. The molecule has 2 aromatic rings. The lowest BCUT2D eigenvalue weighted by Gasteiger charge is -2.26. The Morgan fingerprint density at radius 1 is 1.16 bits per heavy atom. The van der Waals surface area contributed by atoms with E-state index in [2.05, 4.69) is 67.7 Å². The Balaban J connectivity index is 1.47. The Kier molecular flexibility index (Phi) is 11.3. The first-order chi connectivity index (χ1) is 21.2. The summed E-state index contributed by atoms with van der Waals surface area (Å²) in [6, 6.07) is 5.16. The fraction of sp³-hybridized carbons (Fsp3) is 0.444. The Morgan fingerprint density at radius 3 is 2.66 bits per heavy atom. The van der Waals surface area contributed by atoms with Gasteiger partial charge >= 0.3 is 5.91 Å². The van der Waals surface area contributed by atoms with Crippen molar-refractivity contribution in [1.82, 2.24) is 14.7 Å². The number of aromatic nitrogens is 2. The molecule has 0 radical (unpaired) electrons. The number of benzene rings is 1. The summed E-state index contributed by atoms with van der Waals surface area (Å²) in [7, 11) is 0. The van der Waals surface area contributed by atoms with Crippen LogP contribution in [0.3, 0.4) is 0 Å². The van der Waals surface area contributed by atoms with E-state index >= 15 is 0 Å². The van der Waals surface area contributed by atoms with Gasteiger partial charge in [0.25, 0.3) is 0 Å². The molecule has 0 spiro atoms. The van der Waals surface area contributed by atoms with Crippen molar-refractivity contribution in [2.45, 2.75) is 86.3 Å². The molecule has 1 atom stereocenters. The van der Waals surface area contributed by atoms with E-state index in [0.717, 1.165) is 55.7 Å². The van der Waals surface area contributed by atoms with E-state index in [4.69, 9.17) is 9.47 Å². The highest BCUT2D eigenvalue weighted by molar-refractivity contribution is 5.97. The molecule has 0 fully saturated rings. The first kappa shape index (κ1) is 32.9. The summed E-state index contributed by atoms with van der Waals surface area (Å²) in [6.07, 6.45) is 14.4. The molecule has 0 bridgehead atoms. The number of ether oxygens (including phenoxy) is 2. The van der Waals surface area contributed by atoms with Gasteiger partial charge in [-0.25, -0.2) is 4.68 Å². The average molecular weight is 599 g/mol. The molecule has 1 aromatic heterocycles. The predicted octanol–water partition coefficient (Wildman–Crippen LogP) is 7.88. The third kappa shape index (κ3) is 7.36. The molecule has 8 nitrogen and oxygen atoms in total. The standard InChI is InChI=1S/C36H46N4O4/c1-8-26(5)39-20-18-29-16-17-30(28(7)32(29)19-21-39)23-44-34-25(4)13-11-15-31(34)24(3)12-10-14-27(6)40-36(43-9-2)33(22-37-40)35(41)38-42/h10,12,14-17,22,26H,3,8-9,11,13,18-21,23H2,1-2,4-7H3/b12-10-,27-14+. The van der Waals surface area contributed by atoms with E-state index in [1.165, 1.54) is 45.1 Å². The van der Waals surface area contributed by atoms with Crippen molar-refractivity contribution in [1.29, 1.82) is 0 Å². The number of hydrogen-bond acceptors (Lipinski definition) is 6. The van der Waals surface area contributed by atoms with Crippen LogP contribution in [0.1, 0.15) is 86.5 Å². The average Bonchev–Trinajstić information content (AvgIpc) is 3.31. The minimum absolute atomic E-state index is 0.0375. The maximum Gasteiger partial charge on any atom is 0.323 e. The Hall–Kier alpha value is -4.04. The second-order valence-corrected chi connectivity index (χ2v) is 11.6. The summed E-state index contributed by atoms with van der Waals surface area (Å²) in [6.45, 7) is 20.0. The fourth-order valence-corrected chi connectivity index (χ4v) is 5.95. The van der Waals surface area contributed by atoms with Gasteiger partial charge in [0.05, 0.1) is 12.8 Å². The first-order valence-corrected chi connectivity index (χ1v) is 15.7. The number of amides is 1. The van der Waals surface area contributed by atoms with Gasteiger partial charge in [-0.1, -0.05) is 43.9 Å². The highest BCUT2D eigenvalue weighted by atomic mass is 16.5. The summed E-state index contributed by atoms with van der Waals surface area (Å²) in [5.41, 5.74) is 9.36. The van der Waals surface area contributed by atoms with Crippen LogP contribution >= 0.6 is 0 Å². The number of nitrogens with zero attached hydrogens (tertiary/aromatic N) is 4. The van der Waals surface area contributed by atoms with Crippen molar-refractivity contribution < 1.29 is 14.3 Å². The van der Waals surface area contributed by atoms with Crippen molar-refractivity contribution in [2.75, 3.05) is 19.7 Å². The molecule has 1 aromatic carbocycles. The Morgan fingerprint density at radius 2 is 1.93 bits per heavy atom. The predicted molar refractivity (Wildman–Crippen MR) is 176 cm³/mol. The zero-order valence-electron chi connectivity index (χ0n) is 27.1. The third-order valence-corrected chi connectivity index (χ3v) is 8.85. The maximum atomic E-state index is 11.9. The summed E-state index contributed by atoms with van der Waals surface area (Å²) >= 11 is 0. The number of carbonyl (C=O) groups is 1. The van der Waals surface area contributed by atoms with Crippen LogP contribution in [-0.4, -0.2) is 46.3 Å². The maximum absolute atomic E-state index is 11.9. The fourth-order valence-electron chi connectivity index (χ4n) is 5.95. The molecule has 8 heteroatoms.